The number of ether oxygens (including phenoxy) is 1. The number of aliphatic hydroxyl groups excluding tert-OH is 2. The van der Waals surface area contributed by atoms with Gasteiger partial charge in [0.25, 0.3) is 0 Å². The van der Waals surface area contributed by atoms with Crippen LogP contribution in [-0.2, 0) is 14.3 Å². The molecule has 0 rings (SSSR count). The number of unbranched alkanes of at least 4 members (excludes halogenated alkanes) is 50. The Morgan fingerprint density at radius 3 is 0.959 bits per heavy atom. The number of hydrogen-bond acceptors (Lipinski definition) is 5. The first-order valence-corrected chi connectivity index (χ1v) is 33.6. The van der Waals surface area contributed by atoms with Gasteiger partial charge in [0.2, 0.25) is 5.91 Å². The fraction of sp³-hybridized carbons (Fsp3) is 0.912. The molecule has 3 N–H and O–H groups in total. The smallest absolute Gasteiger partial charge is 0.305 e. The molecule has 0 radical (unpaired) electrons. The predicted molar refractivity (Wildman–Crippen MR) is 324 cm³/mol. The zero-order valence-corrected chi connectivity index (χ0v) is 50.1. The van der Waals surface area contributed by atoms with Crippen LogP contribution in [0.1, 0.15) is 373 Å². The van der Waals surface area contributed by atoms with Crippen molar-refractivity contribution >= 4 is 11.9 Å². The van der Waals surface area contributed by atoms with Gasteiger partial charge in [-0.2, -0.15) is 0 Å². The zero-order valence-electron chi connectivity index (χ0n) is 50.1. The molecule has 0 aliphatic rings. The molecule has 1 amide bonds. The van der Waals surface area contributed by atoms with Gasteiger partial charge in [-0.3, -0.25) is 9.59 Å². The summed E-state index contributed by atoms with van der Waals surface area (Å²) in [6, 6.07) is -0.628. The maximum absolute atomic E-state index is 12.5. The number of rotatable bonds is 63. The molecule has 0 aromatic heterocycles. The lowest BCUT2D eigenvalue weighted by Gasteiger charge is -2.20. The summed E-state index contributed by atoms with van der Waals surface area (Å²) < 4.78 is 5.50. The minimum Gasteiger partial charge on any atom is -0.466 e. The van der Waals surface area contributed by atoms with E-state index >= 15 is 0 Å². The minimum atomic E-state index is -0.844. The molecular formula is C68H131NO5. The Bertz CT molecular complexity index is 1150. The zero-order chi connectivity index (χ0) is 53.6. The predicted octanol–water partition coefficient (Wildman–Crippen LogP) is 21.4. The molecule has 0 aliphatic carbocycles. The number of esters is 1. The lowest BCUT2D eigenvalue weighted by molar-refractivity contribution is -0.143. The SMILES string of the molecule is CCCCCCCCCCCCCC/C=C/C(O)C(CO)NC(=O)CCCCCCCCCCCCC/C=C\CCCCCCCCCCCCCCOC(=O)CCCCCCCCCCCCCCCCCC. The van der Waals surface area contributed by atoms with E-state index < -0.39 is 12.1 Å². The highest BCUT2D eigenvalue weighted by molar-refractivity contribution is 5.76. The van der Waals surface area contributed by atoms with Crippen LogP contribution in [0.25, 0.3) is 0 Å². The minimum absolute atomic E-state index is 0.0187. The van der Waals surface area contributed by atoms with Crippen molar-refractivity contribution in [3.63, 3.8) is 0 Å². The molecule has 0 aliphatic heterocycles. The van der Waals surface area contributed by atoms with Crippen LogP contribution >= 0.6 is 0 Å². The molecule has 0 aromatic rings. The Hall–Kier alpha value is -1.66. The van der Waals surface area contributed by atoms with Crippen LogP contribution in [0.2, 0.25) is 0 Å². The summed E-state index contributed by atoms with van der Waals surface area (Å²) >= 11 is 0. The van der Waals surface area contributed by atoms with E-state index in [4.69, 9.17) is 4.74 Å². The van der Waals surface area contributed by atoms with Crippen LogP contribution in [0.3, 0.4) is 0 Å². The molecular weight excluding hydrogens is 911 g/mol. The first-order chi connectivity index (χ1) is 36.5. The van der Waals surface area contributed by atoms with Gasteiger partial charge in [0.05, 0.1) is 25.4 Å². The standard InChI is InChI=1S/C68H131NO5/c1-3-5-7-9-11-13-15-17-19-34-38-42-46-50-54-58-62-68(73)74-63-59-55-51-47-43-39-35-32-30-28-26-24-22-20-21-23-25-27-29-31-33-37-41-45-49-53-57-61-67(72)69-65(64-70)66(71)60-56-52-48-44-40-36-18-16-14-12-10-8-6-4-2/h20-21,56,60,65-66,70-71H,3-19,22-55,57-59,61-64H2,1-2H3,(H,69,72)/b21-20-,60-56+. The fourth-order valence-corrected chi connectivity index (χ4v) is 10.6. The van der Waals surface area contributed by atoms with Gasteiger partial charge in [0, 0.05) is 12.8 Å². The third-order valence-corrected chi connectivity index (χ3v) is 15.7. The molecule has 0 fully saturated rings. The van der Waals surface area contributed by atoms with Crippen LogP contribution < -0.4 is 5.32 Å². The summed E-state index contributed by atoms with van der Waals surface area (Å²) in [7, 11) is 0. The molecule has 0 aromatic carbocycles. The van der Waals surface area contributed by atoms with E-state index in [1.54, 1.807) is 6.08 Å². The molecule has 438 valence electrons. The molecule has 6 nitrogen and oxygen atoms in total. The number of aliphatic hydroxyl groups is 2. The molecule has 74 heavy (non-hydrogen) atoms. The highest BCUT2D eigenvalue weighted by atomic mass is 16.5. The van der Waals surface area contributed by atoms with Crippen molar-refractivity contribution < 1.29 is 24.5 Å². The quantitative estimate of drug-likeness (QED) is 0.0320. The highest BCUT2D eigenvalue weighted by Gasteiger charge is 2.18. The van der Waals surface area contributed by atoms with Gasteiger partial charge in [0.1, 0.15) is 0 Å². The molecule has 0 heterocycles. The van der Waals surface area contributed by atoms with Crippen molar-refractivity contribution in [3.05, 3.63) is 24.3 Å². The van der Waals surface area contributed by atoms with Crippen molar-refractivity contribution in [2.24, 2.45) is 0 Å². The Balaban J connectivity index is 3.38. The van der Waals surface area contributed by atoms with Gasteiger partial charge in [-0.25, -0.2) is 0 Å². The molecule has 0 spiro atoms. The van der Waals surface area contributed by atoms with Gasteiger partial charge in [-0.05, 0) is 57.8 Å². The molecule has 0 bridgehead atoms. The lowest BCUT2D eigenvalue weighted by atomic mass is 10.0. The maximum atomic E-state index is 12.5. The van der Waals surface area contributed by atoms with Crippen LogP contribution in [0.4, 0.5) is 0 Å². The topological polar surface area (TPSA) is 95.9 Å². The maximum Gasteiger partial charge on any atom is 0.305 e. The second-order valence-electron chi connectivity index (χ2n) is 23.2. The largest absolute Gasteiger partial charge is 0.466 e. The Labute approximate surface area is 462 Å². The highest BCUT2D eigenvalue weighted by Crippen LogP contribution is 2.18. The van der Waals surface area contributed by atoms with Crippen LogP contribution in [0, 0.1) is 0 Å². The number of allylic oxidation sites excluding steroid dienone is 3. The average Bonchev–Trinajstić information content (AvgIpc) is 3.40. The van der Waals surface area contributed by atoms with E-state index in [1.165, 1.54) is 308 Å². The number of carbonyl (C=O) groups excluding carboxylic acids is 2. The van der Waals surface area contributed by atoms with Crippen LogP contribution in [-0.4, -0.2) is 47.4 Å². The van der Waals surface area contributed by atoms with Gasteiger partial charge >= 0.3 is 5.97 Å². The number of hydrogen-bond donors (Lipinski definition) is 3. The van der Waals surface area contributed by atoms with E-state index in [0.717, 1.165) is 38.5 Å². The Morgan fingerprint density at radius 2 is 0.635 bits per heavy atom. The molecule has 2 unspecified atom stereocenters. The summed E-state index contributed by atoms with van der Waals surface area (Å²) in [5.41, 5.74) is 0. The third kappa shape index (κ3) is 59.6. The second kappa shape index (κ2) is 63.9. The third-order valence-electron chi connectivity index (χ3n) is 15.7. The normalized spacial score (nSPS) is 12.6. The van der Waals surface area contributed by atoms with Crippen LogP contribution in [0.5, 0.6) is 0 Å². The summed E-state index contributed by atoms with van der Waals surface area (Å²) in [4.78, 5) is 24.5. The van der Waals surface area contributed by atoms with Crippen molar-refractivity contribution in [3.8, 4) is 0 Å². The molecule has 6 heteroatoms. The molecule has 0 saturated carbocycles. The fourth-order valence-electron chi connectivity index (χ4n) is 10.6. The first-order valence-electron chi connectivity index (χ1n) is 33.6. The number of nitrogens with one attached hydrogen (secondary N) is 1. The van der Waals surface area contributed by atoms with Crippen molar-refractivity contribution in [2.45, 2.75) is 386 Å². The van der Waals surface area contributed by atoms with Gasteiger partial charge in [0.15, 0.2) is 0 Å². The average molecular weight is 1040 g/mol. The van der Waals surface area contributed by atoms with Crippen molar-refractivity contribution in [1.29, 1.82) is 0 Å². The summed E-state index contributed by atoms with van der Waals surface area (Å²) in [6.07, 6.45) is 79.6. The molecule has 0 saturated heterocycles. The Kier molecular flexibility index (Phi) is 62.4. The second-order valence-corrected chi connectivity index (χ2v) is 23.2. The van der Waals surface area contributed by atoms with Gasteiger partial charge in [-0.1, -0.05) is 327 Å². The monoisotopic (exact) mass is 1040 g/mol. The van der Waals surface area contributed by atoms with Gasteiger partial charge < -0.3 is 20.3 Å². The van der Waals surface area contributed by atoms with Crippen LogP contribution in [0.15, 0.2) is 24.3 Å². The summed E-state index contributed by atoms with van der Waals surface area (Å²) in [6.45, 7) is 4.93. The first kappa shape index (κ1) is 72.3. The number of carbonyl (C=O) groups is 2. The number of amides is 1. The van der Waals surface area contributed by atoms with E-state index in [0.29, 0.717) is 19.4 Å². The molecule has 2 atom stereocenters. The van der Waals surface area contributed by atoms with E-state index in [9.17, 15) is 19.8 Å². The van der Waals surface area contributed by atoms with Crippen molar-refractivity contribution in [2.75, 3.05) is 13.2 Å². The van der Waals surface area contributed by atoms with E-state index in [1.807, 2.05) is 6.08 Å². The van der Waals surface area contributed by atoms with E-state index in [-0.39, 0.29) is 18.5 Å². The summed E-state index contributed by atoms with van der Waals surface area (Å²) in [5, 5.41) is 23.1. The van der Waals surface area contributed by atoms with E-state index in [2.05, 4.69) is 31.3 Å². The summed E-state index contributed by atoms with van der Waals surface area (Å²) in [5.74, 6) is -0.0484. The Morgan fingerprint density at radius 1 is 0.365 bits per heavy atom. The lowest BCUT2D eigenvalue weighted by Crippen LogP contribution is -2.45. The van der Waals surface area contributed by atoms with Gasteiger partial charge in [-0.15, -0.1) is 0 Å². The van der Waals surface area contributed by atoms with Crippen molar-refractivity contribution in [1.82, 2.24) is 5.32 Å².